The highest BCUT2D eigenvalue weighted by Gasteiger charge is 2.45. The topological polar surface area (TPSA) is 77.3 Å². The Morgan fingerprint density at radius 2 is 1.97 bits per heavy atom. The second kappa shape index (κ2) is 8.85. The molecule has 1 saturated heterocycles. The van der Waals surface area contributed by atoms with Crippen molar-refractivity contribution >= 4 is 33.4 Å². The molecule has 0 radical (unpaired) electrons. The summed E-state index contributed by atoms with van der Waals surface area (Å²) in [4.78, 5) is 30.2. The fourth-order valence-corrected chi connectivity index (χ4v) is 4.04. The van der Waals surface area contributed by atoms with Crippen LogP contribution in [0.25, 0.3) is 5.76 Å². The first-order chi connectivity index (χ1) is 15.0. The first-order valence-corrected chi connectivity index (χ1v) is 10.6. The predicted molar refractivity (Wildman–Crippen MR) is 115 cm³/mol. The number of hydrogen-bond acceptors (Lipinski definition) is 3. The standard InChI is InChI=1S/C23H19BrFN3O3/c24-17-7-5-15(6-8-17)21(29)19-20(16-3-1-4-18(25)13-16)28(23(31)22(19)30)11-2-10-27-12-9-26-14-27/h1,3-9,12-14,20H,2,10-11H2,(H,29,30)/p+1. The number of H-pyrrole nitrogens is 1. The van der Waals surface area contributed by atoms with Crippen LogP contribution in [0, 0.1) is 5.82 Å². The summed E-state index contributed by atoms with van der Waals surface area (Å²) in [6, 6.07) is 11.7. The molecule has 0 saturated carbocycles. The van der Waals surface area contributed by atoms with Crippen LogP contribution >= 0.6 is 15.9 Å². The molecule has 1 unspecified atom stereocenters. The van der Waals surface area contributed by atoms with E-state index < -0.39 is 23.5 Å². The molecular weight excluding hydrogens is 465 g/mol. The normalized spacial score (nSPS) is 18.0. The van der Waals surface area contributed by atoms with Gasteiger partial charge in [0.1, 0.15) is 24.0 Å². The number of aromatic amines is 1. The number of imidazole rings is 1. The number of Topliss-reactive ketones (excluding diaryl/α,β-unsaturated/α-hetero) is 1. The highest BCUT2D eigenvalue weighted by molar-refractivity contribution is 9.10. The number of benzene rings is 2. The third kappa shape index (κ3) is 4.29. The van der Waals surface area contributed by atoms with Gasteiger partial charge in [-0.15, -0.1) is 0 Å². The molecule has 1 aliphatic rings. The minimum atomic E-state index is -0.865. The van der Waals surface area contributed by atoms with Crippen LogP contribution in [-0.2, 0) is 16.1 Å². The lowest BCUT2D eigenvalue weighted by molar-refractivity contribution is -0.695. The second-order valence-corrected chi connectivity index (χ2v) is 8.17. The first-order valence-electron chi connectivity index (χ1n) is 9.77. The lowest BCUT2D eigenvalue weighted by Gasteiger charge is -2.25. The van der Waals surface area contributed by atoms with Gasteiger partial charge in [-0.2, -0.15) is 0 Å². The summed E-state index contributed by atoms with van der Waals surface area (Å²) >= 11 is 3.34. The number of likely N-dealkylation sites (tertiary alicyclic amines) is 1. The number of aromatic nitrogens is 2. The summed E-state index contributed by atoms with van der Waals surface area (Å²) in [7, 11) is 0. The zero-order valence-corrected chi connectivity index (χ0v) is 18.0. The molecule has 0 aliphatic carbocycles. The van der Waals surface area contributed by atoms with E-state index in [-0.39, 0.29) is 17.9 Å². The Labute approximate surface area is 186 Å². The van der Waals surface area contributed by atoms with E-state index in [1.54, 1.807) is 42.9 Å². The van der Waals surface area contributed by atoms with E-state index in [2.05, 4.69) is 20.9 Å². The van der Waals surface area contributed by atoms with E-state index in [9.17, 15) is 19.1 Å². The minimum absolute atomic E-state index is 0.0350. The highest BCUT2D eigenvalue weighted by atomic mass is 79.9. The molecule has 0 bridgehead atoms. The number of aliphatic hydroxyl groups excluding tert-OH is 1. The van der Waals surface area contributed by atoms with Crippen molar-refractivity contribution in [3.8, 4) is 0 Å². The van der Waals surface area contributed by atoms with Gasteiger partial charge in [-0.25, -0.2) is 8.96 Å². The number of aryl methyl sites for hydroxylation is 1. The Hall–Kier alpha value is -3.26. The van der Waals surface area contributed by atoms with Crippen LogP contribution in [0.15, 0.2) is 77.3 Å². The Morgan fingerprint density at radius 3 is 2.65 bits per heavy atom. The third-order valence-electron chi connectivity index (χ3n) is 5.24. The molecule has 158 valence electrons. The van der Waals surface area contributed by atoms with Gasteiger partial charge in [0.05, 0.1) is 18.2 Å². The van der Waals surface area contributed by atoms with Crippen molar-refractivity contribution in [2.45, 2.75) is 19.0 Å². The van der Waals surface area contributed by atoms with Gasteiger partial charge in [-0.05, 0) is 29.8 Å². The zero-order chi connectivity index (χ0) is 22.0. The van der Waals surface area contributed by atoms with Crippen molar-refractivity contribution in [2.75, 3.05) is 6.54 Å². The van der Waals surface area contributed by atoms with Crippen LogP contribution in [-0.4, -0.2) is 33.2 Å². The van der Waals surface area contributed by atoms with Crippen LogP contribution < -0.4 is 4.57 Å². The maximum absolute atomic E-state index is 14.0. The van der Waals surface area contributed by atoms with Crippen molar-refractivity contribution in [3.63, 3.8) is 0 Å². The predicted octanol–water partition coefficient (Wildman–Crippen LogP) is 3.72. The van der Waals surface area contributed by atoms with E-state index in [0.29, 0.717) is 24.1 Å². The van der Waals surface area contributed by atoms with Gasteiger partial charge in [-0.3, -0.25) is 14.6 Å². The van der Waals surface area contributed by atoms with Crippen LogP contribution in [0.5, 0.6) is 0 Å². The van der Waals surface area contributed by atoms with Gasteiger partial charge in [0.2, 0.25) is 6.33 Å². The summed E-state index contributed by atoms with van der Waals surface area (Å²) in [5.74, 6) is -2.23. The quantitative estimate of drug-likeness (QED) is 0.242. The molecule has 1 aliphatic heterocycles. The Morgan fingerprint density at radius 1 is 1.19 bits per heavy atom. The lowest BCUT2D eigenvalue weighted by Crippen LogP contribution is -2.36. The summed E-state index contributed by atoms with van der Waals surface area (Å²) < 4.78 is 16.7. The molecule has 1 aromatic heterocycles. The molecule has 6 nitrogen and oxygen atoms in total. The molecule has 0 spiro atoms. The monoisotopic (exact) mass is 484 g/mol. The number of halogens is 2. The van der Waals surface area contributed by atoms with Gasteiger partial charge in [0.15, 0.2) is 0 Å². The van der Waals surface area contributed by atoms with Crippen molar-refractivity contribution < 1.29 is 23.7 Å². The number of rotatable bonds is 6. The van der Waals surface area contributed by atoms with E-state index in [1.807, 2.05) is 10.8 Å². The molecule has 4 rings (SSSR count). The maximum Gasteiger partial charge on any atom is 0.295 e. The Balaban J connectivity index is 1.73. The Kier molecular flexibility index (Phi) is 5.99. The van der Waals surface area contributed by atoms with Gasteiger partial charge in [0.25, 0.3) is 11.7 Å². The largest absolute Gasteiger partial charge is 0.507 e. The van der Waals surface area contributed by atoms with E-state index in [1.165, 1.54) is 23.1 Å². The smallest absolute Gasteiger partial charge is 0.295 e. The van der Waals surface area contributed by atoms with Gasteiger partial charge >= 0.3 is 0 Å². The van der Waals surface area contributed by atoms with Crippen LogP contribution in [0.1, 0.15) is 23.6 Å². The fourth-order valence-electron chi connectivity index (χ4n) is 3.78. The van der Waals surface area contributed by atoms with Crippen molar-refractivity contribution in [1.82, 2.24) is 9.88 Å². The molecule has 1 amide bonds. The van der Waals surface area contributed by atoms with Gasteiger partial charge in [0, 0.05) is 23.0 Å². The number of carbonyl (C=O) groups is 2. The number of ketones is 1. The number of nitrogens with zero attached hydrogens (tertiary/aromatic N) is 2. The molecule has 8 heteroatoms. The molecule has 2 N–H and O–H groups in total. The van der Waals surface area contributed by atoms with Crippen molar-refractivity contribution in [1.29, 1.82) is 0 Å². The molecular formula is C23H20BrFN3O3+. The van der Waals surface area contributed by atoms with Gasteiger partial charge < -0.3 is 10.0 Å². The van der Waals surface area contributed by atoms with Crippen LogP contribution in [0.3, 0.4) is 0 Å². The number of amides is 1. The number of hydrogen-bond donors (Lipinski definition) is 2. The van der Waals surface area contributed by atoms with Gasteiger partial charge in [-0.1, -0.05) is 40.2 Å². The minimum Gasteiger partial charge on any atom is -0.507 e. The average molecular weight is 485 g/mol. The number of aliphatic hydroxyl groups is 1. The average Bonchev–Trinajstić information content (AvgIpc) is 3.36. The summed E-state index contributed by atoms with van der Waals surface area (Å²) in [6.45, 7) is 0.913. The van der Waals surface area contributed by atoms with E-state index in [4.69, 9.17) is 0 Å². The van der Waals surface area contributed by atoms with Crippen molar-refractivity contribution in [3.05, 3.63) is 94.2 Å². The van der Waals surface area contributed by atoms with Crippen molar-refractivity contribution in [2.24, 2.45) is 0 Å². The third-order valence-corrected chi connectivity index (χ3v) is 5.77. The highest BCUT2D eigenvalue weighted by Crippen LogP contribution is 2.39. The van der Waals surface area contributed by atoms with E-state index in [0.717, 1.165) is 4.47 Å². The van der Waals surface area contributed by atoms with E-state index >= 15 is 0 Å². The maximum atomic E-state index is 14.0. The Bertz CT molecular complexity index is 1140. The first kappa shape index (κ1) is 21.0. The van der Waals surface area contributed by atoms with Crippen LogP contribution in [0.4, 0.5) is 4.39 Å². The summed E-state index contributed by atoms with van der Waals surface area (Å²) in [5.41, 5.74) is 0.810. The number of nitrogens with one attached hydrogen (secondary N) is 1. The molecule has 2 heterocycles. The summed E-state index contributed by atoms with van der Waals surface area (Å²) in [5, 5.41) is 11.0. The molecule has 1 atom stereocenters. The lowest BCUT2D eigenvalue weighted by atomic mass is 9.95. The second-order valence-electron chi connectivity index (χ2n) is 7.26. The zero-order valence-electron chi connectivity index (χ0n) is 16.5. The summed E-state index contributed by atoms with van der Waals surface area (Å²) in [6.07, 6.45) is 6.04. The SMILES string of the molecule is O=C1C(=O)N(CCC[n+]2cc[nH]c2)C(c2cccc(F)c2)C1=C(O)c1ccc(Br)cc1. The molecule has 31 heavy (non-hydrogen) atoms. The fraction of sp³-hybridized carbons (Fsp3) is 0.174. The number of carbonyl (C=O) groups excluding carboxylic acids is 2. The molecule has 3 aromatic rings. The molecule has 2 aromatic carbocycles. The molecule has 1 fully saturated rings. The van der Waals surface area contributed by atoms with Crippen LogP contribution in [0.2, 0.25) is 0 Å².